The maximum absolute atomic E-state index is 10.7. The second kappa shape index (κ2) is 13.9. The summed E-state index contributed by atoms with van der Waals surface area (Å²) < 4.78 is 12.7. The van der Waals surface area contributed by atoms with Crippen LogP contribution < -0.4 is 0 Å². The van der Waals surface area contributed by atoms with Gasteiger partial charge in [-0.05, 0) is 75.1 Å². The minimum Gasteiger partial charge on any atom is -0.481 e. The van der Waals surface area contributed by atoms with Crippen molar-refractivity contribution in [1.29, 1.82) is 0 Å². The Kier molecular flexibility index (Phi) is 11.0. The van der Waals surface area contributed by atoms with E-state index in [0.29, 0.717) is 18.3 Å². The molecule has 1 aliphatic heterocycles. The number of rotatable bonds is 15. The van der Waals surface area contributed by atoms with Gasteiger partial charge in [-0.3, -0.25) is 4.79 Å². The Bertz CT molecular complexity index is 724. The highest BCUT2D eigenvalue weighted by molar-refractivity contribution is 6.44. The number of aryl methyl sites for hydroxylation is 1. The van der Waals surface area contributed by atoms with Crippen LogP contribution in [0, 0.1) is 11.8 Å². The number of benzene rings is 1. The Hall–Kier alpha value is -1.63. The quantitative estimate of drug-likeness (QED) is 0.202. The van der Waals surface area contributed by atoms with Crippen LogP contribution >= 0.6 is 0 Å². The smallest absolute Gasteiger partial charge is 0.457 e. The van der Waals surface area contributed by atoms with Crippen LogP contribution in [0.25, 0.3) is 0 Å². The molecule has 5 atom stereocenters. The number of allylic oxidation sites excluding steroid dienone is 2. The number of unbranched alkanes of at least 4 members (excludes halogenated alkanes) is 2. The molecule has 5 nitrogen and oxygen atoms in total. The van der Waals surface area contributed by atoms with Crippen LogP contribution in [0.15, 0.2) is 42.5 Å². The maximum Gasteiger partial charge on any atom is 0.457 e. The van der Waals surface area contributed by atoms with Crippen LogP contribution in [0.5, 0.6) is 0 Å². The number of hydrogen-bond donors (Lipinski definition) is 2. The van der Waals surface area contributed by atoms with Gasteiger partial charge in [0, 0.05) is 18.6 Å². The Morgan fingerprint density at radius 3 is 2.61 bits per heavy atom. The molecular formula is C27H41BO5. The normalized spacial score (nSPS) is 25.6. The molecule has 0 spiro atoms. The second-order valence-electron chi connectivity index (χ2n) is 9.73. The third kappa shape index (κ3) is 8.58. The van der Waals surface area contributed by atoms with Crippen LogP contribution in [0.2, 0.25) is 6.32 Å². The molecule has 33 heavy (non-hydrogen) atoms. The molecule has 1 saturated heterocycles. The Morgan fingerprint density at radius 2 is 1.88 bits per heavy atom. The van der Waals surface area contributed by atoms with E-state index >= 15 is 0 Å². The summed E-state index contributed by atoms with van der Waals surface area (Å²) in [5.74, 6) is 0.0675. The number of aliphatic hydroxyl groups is 1. The van der Waals surface area contributed by atoms with E-state index in [2.05, 4.69) is 31.2 Å². The average Bonchev–Trinajstić information content (AvgIpc) is 3.06. The third-order valence-electron chi connectivity index (χ3n) is 7.19. The van der Waals surface area contributed by atoms with E-state index in [-0.39, 0.29) is 31.9 Å². The SMILES string of the molecule is CCCCB1O[C@H]2C[C@@H](O1)[C@H](CC[C@@H](O)CCc1ccccc1)[C@H]2CC=CCCCC(=O)O. The van der Waals surface area contributed by atoms with Crippen molar-refractivity contribution in [3.05, 3.63) is 48.0 Å². The summed E-state index contributed by atoms with van der Waals surface area (Å²) in [4.78, 5) is 10.7. The summed E-state index contributed by atoms with van der Waals surface area (Å²) in [5, 5.41) is 19.4. The van der Waals surface area contributed by atoms with E-state index in [1.54, 1.807) is 0 Å². The number of fused-ring (bicyclic) bond motifs is 2. The van der Waals surface area contributed by atoms with Crippen molar-refractivity contribution in [2.45, 2.75) is 102 Å². The summed E-state index contributed by atoms with van der Waals surface area (Å²) in [6.07, 6.45) is 14.7. The molecule has 0 aromatic heterocycles. The van der Waals surface area contributed by atoms with Gasteiger partial charge in [-0.25, -0.2) is 0 Å². The molecule has 3 rings (SSSR count). The monoisotopic (exact) mass is 456 g/mol. The van der Waals surface area contributed by atoms with Gasteiger partial charge >= 0.3 is 13.1 Å². The van der Waals surface area contributed by atoms with Gasteiger partial charge in [0.15, 0.2) is 0 Å². The molecule has 1 saturated carbocycles. The molecule has 2 fully saturated rings. The largest absolute Gasteiger partial charge is 0.481 e. The molecule has 1 aromatic rings. The van der Waals surface area contributed by atoms with Gasteiger partial charge in [-0.1, -0.05) is 62.2 Å². The highest BCUT2D eigenvalue weighted by Crippen LogP contribution is 2.45. The fourth-order valence-corrected chi connectivity index (χ4v) is 5.35. The summed E-state index contributed by atoms with van der Waals surface area (Å²) in [5.41, 5.74) is 1.27. The zero-order chi connectivity index (χ0) is 23.5. The molecule has 182 valence electrons. The molecule has 1 aromatic carbocycles. The van der Waals surface area contributed by atoms with Gasteiger partial charge in [0.2, 0.25) is 0 Å². The number of carboxylic acid groups (broad SMARTS) is 1. The topological polar surface area (TPSA) is 76.0 Å². The maximum atomic E-state index is 10.7. The van der Waals surface area contributed by atoms with Crippen molar-refractivity contribution in [1.82, 2.24) is 0 Å². The molecule has 0 unspecified atom stereocenters. The van der Waals surface area contributed by atoms with Crippen molar-refractivity contribution in [2.24, 2.45) is 11.8 Å². The number of carboxylic acids is 1. The number of aliphatic hydroxyl groups excluding tert-OH is 1. The van der Waals surface area contributed by atoms with E-state index in [9.17, 15) is 9.90 Å². The van der Waals surface area contributed by atoms with Gasteiger partial charge in [0.1, 0.15) is 0 Å². The lowest BCUT2D eigenvalue weighted by molar-refractivity contribution is -0.137. The lowest BCUT2D eigenvalue weighted by Crippen LogP contribution is -2.37. The summed E-state index contributed by atoms with van der Waals surface area (Å²) in [6, 6.07) is 10.4. The molecule has 0 amide bonds. The Balaban J connectivity index is 1.52. The molecular weight excluding hydrogens is 415 g/mol. The van der Waals surface area contributed by atoms with Gasteiger partial charge in [0.05, 0.1) is 6.10 Å². The summed E-state index contributed by atoms with van der Waals surface area (Å²) in [7, 11) is -0.0937. The van der Waals surface area contributed by atoms with Gasteiger partial charge in [0.25, 0.3) is 0 Å². The molecule has 2 bridgehead atoms. The van der Waals surface area contributed by atoms with Crippen molar-refractivity contribution < 1.29 is 24.3 Å². The highest BCUT2D eigenvalue weighted by Gasteiger charge is 2.49. The predicted molar refractivity (Wildman–Crippen MR) is 132 cm³/mol. The minimum atomic E-state index is -0.734. The lowest BCUT2D eigenvalue weighted by Gasteiger charge is -2.28. The second-order valence-corrected chi connectivity index (χ2v) is 9.73. The van der Waals surface area contributed by atoms with Crippen LogP contribution in [-0.2, 0) is 20.5 Å². The first kappa shape index (κ1) is 26.0. The first-order valence-corrected chi connectivity index (χ1v) is 13.0. The van der Waals surface area contributed by atoms with Gasteiger partial charge in [-0.2, -0.15) is 0 Å². The fourth-order valence-electron chi connectivity index (χ4n) is 5.35. The van der Waals surface area contributed by atoms with Crippen molar-refractivity contribution in [3.63, 3.8) is 0 Å². The number of hydrogen-bond acceptors (Lipinski definition) is 4. The van der Waals surface area contributed by atoms with Crippen LogP contribution in [0.1, 0.15) is 76.7 Å². The third-order valence-corrected chi connectivity index (χ3v) is 7.19. The van der Waals surface area contributed by atoms with Gasteiger partial charge < -0.3 is 19.5 Å². The fraction of sp³-hybridized carbons (Fsp3) is 0.667. The molecule has 6 heteroatoms. The van der Waals surface area contributed by atoms with Crippen molar-refractivity contribution >= 4 is 13.1 Å². The van der Waals surface area contributed by atoms with E-state index in [0.717, 1.165) is 64.1 Å². The van der Waals surface area contributed by atoms with Crippen LogP contribution in [0.3, 0.4) is 0 Å². The lowest BCUT2D eigenvalue weighted by atomic mass is 9.80. The average molecular weight is 456 g/mol. The molecule has 2 aliphatic rings. The Labute approximate surface area is 199 Å². The standard InChI is InChI=1S/C27H41BO5/c1-2-3-19-28-32-25-20-26(33-28)24(23(25)13-9-4-5-10-14-27(30)31)18-17-22(29)16-15-21-11-7-6-8-12-21/h4,6-9,11-12,22-26,29H,2-3,5,10,13-20H2,1H3,(H,30,31)/t22-,23+,24+,25-,26+/m0/s1. The molecule has 0 radical (unpaired) electrons. The zero-order valence-corrected chi connectivity index (χ0v) is 20.1. The highest BCUT2D eigenvalue weighted by atomic mass is 16.6. The van der Waals surface area contributed by atoms with Crippen LogP contribution in [-0.4, -0.2) is 41.6 Å². The molecule has 2 N–H and O–H groups in total. The van der Waals surface area contributed by atoms with E-state index in [4.69, 9.17) is 14.4 Å². The zero-order valence-electron chi connectivity index (χ0n) is 20.1. The molecule has 1 heterocycles. The number of carbonyl (C=O) groups is 1. The van der Waals surface area contributed by atoms with E-state index in [1.165, 1.54) is 5.56 Å². The number of aliphatic carboxylic acids is 1. The Morgan fingerprint density at radius 1 is 1.12 bits per heavy atom. The van der Waals surface area contributed by atoms with E-state index in [1.807, 2.05) is 18.2 Å². The van der Waals surface area contributed by atoms with Gasteiger partial charge in [-0.15, -0.1) is 0 Å². The minimum absolute atomic E-state index is 0.0937. The summed E-state index contributed by atoms with van der Waals surface area (Å²) in [6.45, 7) is 2.19. The first-order valence-electron chi connectivity index (χ1n) is 13.0. The van der Waals surface area contributed by atoms with E-state index < -0.39 is 5.97 Å². The van der Waals surface area contributed by atoms with Crippen molar-refractivity contribution in [3.8, 4) is 0 Å². The van der Waals surface area contributed by atoms with Crippen LogP contribution in [0.4, 0.5) is 0 Å². The first-order chi connectivity index (χ1) is 16.1. The summed E-state index contributed by atoms with van der Waals surface area (Å²) >= 11 is 0. The predicted octanol–water partition coefficient (Wildman–Crippen LogP) is 5.67. The molecule has 1 aliphatic carbocycles. The van der Waals surface area contributed by atoms with Crippen molar-refractivity contribution in [2.75, 3.05) is 0 Å².